The SMILES string of the molecule is Cc1noc(C)c1S(=O)(=O)N1CCCCCC1N. The molecule has 1 aromatic heterocycles. The Labute approximate surface area is 107 Å². The number of rotatable bonds is 2. The molecule has 2 heterocycles. The summed E-state index contributed by atoms with van der Waals surface area (Å²) in [6.45, 7) is 3.70. The average molecular weight is 273 g/mol. The van der Waals surface area contributed by atoms with Gasteiger partial charge in [-0.15, -0.1) is 0 Å². The molecule has 7 heteroatoms. The molecule has 1 aliphatic rings. The van der Waals surface area contributed by atoms with Crippen LogP contribution in [-0.4, -0.2) is 30.6 Å². The lowest BCUT2D eigenvalue weighted by Crippen LogP contribution is -2.45. The highest BCUT2D eigenvalue weighted by Crippen LogP contribution is 2.26. The monoisotopic (exact) mass is 273 g/mol. The maximum Gasteiger partial charge on any atom is 0.249 e. The van der Waals surface area contributed by atoms with Crippen LogP contribution in [0.1, 0.15) is 37.1 Å². The molecule has 1 aromatic rings. The van der Waals surface area contributed by atoms with Crippen molar-refractivity contribution in [3.05, 3.63) is 11.5 Å². The minimum atomic E-state index is -3.60. The van der Waals surface area contributed by atoms with Crippen LogP contribution in [0, 0.1) is 13.8 Å². The van der Waals surface area contributed by atoms with Gasteiger partial charge >= 0.3 is 0 Å². The highest BCUT2D eigenvalue weighted by molar-refractivity contribution is 7.89. The smallest absolute Gasteiger partial charge is 0.249 e. The summed E-state index contributed by atoms with van der Waals surface area (Å²) in [5.41, 5.74) is 6.36. The molecular formula is C11H19N3O3S. The largest absolute Gasteiger partial charge is 0.360 e. The fourth-order valence-electron chi connectivity index (χ4n) is 2.37. The molecule has 18 heavy (non-hydrogen) atoms. The molecule has 0 spiro atoms. The summed E-state index contributed by atoms with van der Waals surface area (Å²) in [4.78, 5) is 0.167. The third-order valence-corrected chi connectivity index (χ3v) is 5.45. The van der Waals surface area contributed by atoms with Gasteiger partial charge in [-0.1, -0.05) is 18.0 Å². The summed E-state index contributed by atoms with van der Waals surface area (Å²) in [5, 5.41) is 3.70. The van der Waals surface area contributed by atoms with E-state index in [9.17, 15) is 8.42 Å². The molecule has 0 saturated carbocycles. The lowest BCUT2D eigenvalue weighted by atomic mass is 10.2. The number of hydrogen-bond acceptors (Lipinski definition) is 5. The van der Waals surface area contributed by atoms with E-state index in [-0.39, 0.29) is 4.90 Å². The molecule has 0 bridgehead atoms. The van der Waals surface area contributed by atoms with Crippen molar-refractivity contribution in [2.75, 3.05) is 6.54 Å². The molecule has 1 saturated heterocycles. The van der Waals surface area contributed by atoms with Crippen LogP contribution in [0.2, 0.25) is 0 Å². The van der Waals surface area contributed by atoms with Gasteiger partial charge in [0.25, 0.3) is 0 Å². The standard InChI is InChI=1S/C11H19N3O3S/c1-8-11(9(2)17-13-8)18(15,16)14-7-5-3-4-6-10(14)12/h10H,3-7,12H2,1-2H3. The van der Waals surface area contributed by atoms with Crippen LogP contribution in [0.5, 0.6) is 0 Å². The third-order valence-electron chi connectivity index (χ3n) is 3.28. The first-order valence-electron chi connectivity index (χ1n) is 6.15. The van der Waals surface area contributed by atoms with Gasteiger partial charge in [-0.25, -0.2) is 8.42 Å². The van der Waals surface area contributed by atoms with Gasteiger partial charge in [0.2, 0.25) is 10.0 Å². The van der Waals surface area contributed by atoms with E-state index < -0.39 is 16.2 Å². The van der Waals surface area contributed by atoms with Gasteiger partial charge < -0.3 is 10.3 Å². The number of aromatic nitrogens is 1. The van der Waals surface area contributed by atoms with Gasteiger partial charge in [-0.05, 0) is 26.7 Å². The zero-order chi connectivity index (χ0) is 13.3. The van der Waals surface area contributed by atoms with Crippen LogP contribution >= 0.6 is 0 Å². The topological polar surface area (TPSA) is 89.4 Å². The van der Waals surface area contributed by atoms with Crippen molar-refractivity contribution in [2.24, 2.45) is 5.73 Å². The van der Waals surface area contributed by atoms with E-state index in [1.807, 2.05) is 0 Å². The molecule has 0 aliphatic carbocycles. The number of hydrogen-bond donors (Lipinski definition) is 1. The van der Waals surface area contributed by atoms with Crippen molar-refractivity contribution >= 4 is 10.0 Å². The van der Waals surface area contributed by atoms with Crippen LogP contribution in [0.4, 0.5) is 0 Å². The van der Waals surface area contributed by atoms with Gasteiger partial charge in [0.05, 0.1) is 6.17 Å². The Morgan fingerprint density at radius 1 is 1.33 bits per heavy atom. The number of aryl methyl sites for hydroxylation is 2. The molecule has 0 amide bonds. The summed E-state index contributed by atoms with van der Waals surface area (Å²) in [6.07, 6.45) is 3.07. The van der Waals surface area contributed by atoms with Gasteiger partial charge in [-0.2, -0.15) is 4.31 Å². The van der Waals surface area contributed by atoms with Gasteiger partial charge in [0, 0.05) is 6.54 Å². The van der Waals surface area contributed by atoms with Gasteiger partial charge in [-0.3, -0.25) is 0 Å². The summed E-state index contributed by atoms with van der Waals surface area (Å²) < 4.78 is 31.5. The lowest BCUT2D eigenvalue weighted by Gasteiger charge is -2.25. The predicted octanol–water partition coefficient (Wildman–Crippen LogP) is 1.14. The Morgan fingerprint density at radius 3 is 2.67 bits per heavy atom. The van der Waals surface area contributed by atoms with Gasteiger partial charge in [0.1, 0.15) is 10.6 Å². The first-order chi connectivity index (χ1) is 8.44. The Hall–Kier alpha value is -0.920. The number of sulfonamides is 1. The normalized spacial score (nSPS) is 22.9. The second-order valence-corrected chi connectivity index (χ2v) is 6.51. The van der Waals surface area contributed by atoms with Gasteiger partial charge in [0.15, 0.2) is 5.76 Å². The minimum absolute atomic E-state index is 0.167. The van der Waals surface area contributed by atoms with Crippen molar-refractivity contribution < 1.29 is 12.9 Å². The maximum absolute atomic E-state index is 12.6. The van der Waals surface area contributed by atoms with E-state index in [1.165, 1.54) is 4.31 Å². The second-order valence-electron chi connectivity index (χ2n) is 4.69. The van der Waals surface area contributed by atoms with Crippen molar-refractivity contribution in [1.29, 1.82) is 0 Å². The van der Waals surface area contributed by atoms with E-state index in [0.717, 1.165) is 19.3 Å². The zero-order valence-electron chi connectivity index (χ0n) is 10.7. The fraction of sp³-hybridized carbons (Fsp3) is 0.727. The summed E-state index contributed by atoms with van der Waals surface area (Å²) >= 11 is 0. The zero-order valence-corrected chi connectivity index (χ0v) is 11.5. The quantitative estimate of drug-likeness (QED) is 0.872. The molecule has 1 atom stereocenters. The summed E-state index contributed by atoms with van der Waals surface area (Å²) in [6, 6.07) is 0. The molecule has 1 fully saturated rings. The molecule has 1 unspecified atom stereocenters. The Balaban J connectivity index is 2.41. The molecule has 1 aliphatic heterocycles. The van der Waals surface area contributed by atoms with Crippen LogP contribution < -0.4 is 5.73 Å². The molecule has 2 N–H and O–H groups in total. The highest BCUT2D eigenvalue weighted by Gasteiger charge is 2.34. The fourth-order valence-corrected chi connectivity index (χ4v) is 4.24. The second kappa shape index (κ2) is 4.99. The molecule has 2 rings (SSSR count). The third kappa shape index (κ3) is 2.30. The highest BCUT2D eigenvalue weighted by atomic mass is 32.2. The van der Waals surface area contributed by atoms with Crippen molar-refractivity contribution in [2.45, 2.75) is 50.6 Å². The number of nitrogens with zero attached hydrogens (tertiary/aromatic N) is 2. The number of nitrogens with two attached hydrogens (primary N) is 1. The summed E-state index contributed by atoms with van der Waals surface area (Å²) in [5.74, 6) is 0.323. The summed E-state index contributed by atoms with van der Waals surface area (Å²) in [7, 11) is -3.60. The lowest BCUT2D eigenvalue weighted by molar-refractivity contribution is 0.328. The molecule has 0 aromatic carbocycles. The van der Waals surface area contributed by atoms with Crippen LogP contribution in [-0.2, 0) is 10.0 Å². The molecule has 0 radical (unpaired) electrons. The van der Waals surface area contributed by atoms with E-state index in [1.54, 1.807) is 13.8 Å². The first-order valence-corrected chi connectivity index (χ1v) is 7.59. The van der Waals surface area contributed by atoms with Crippen LogP contribution in [0.3, 0.4) is 0 Å². The molecule has 6 nitrogen and oxygen atoms in total. The predicted molar refractivity (Wildman–Crippen MR) is 66.3 cm³/mol. The van der Waals surface area contributed by atoms with E-state index in [4.69, 9.17) is 10.3 Å². The van der Waals surface area contributed by atoms with Crippen molar-refractivity contribution in [1.82, 2.24) is 9.46 Å². The van der Waals surface area contributed by atoms with Crippen molar-refractivity contribution in [3.63, 3.8) is 0 Å². The van der Waals surface area contributed by atoms with Crippen LogP contribution in [0.25, 0.3) is 0 Å². The van der Waals surface area contributed by atoms with E-state index in [0.29, 0.717) is 24.4 Å². The van der Waals surface area contributed by atoms with Crippen molar-refractivity contribution in [3.8, 4) is 0 Å². The molecule has 102 valence electrons. The Kier molecular flexibility index (Phi) is 3.74. The van der Waals surface area contributed by atoms with E-state index in [2.05, 4.69) is 5.16 Å². The maximum atomic E-state index is 12.6. The van der Waals surface area contributed by atoms with Crippen LogP contribution in [0.15, 0.2) is 9.42 Å². The Morgan fingerprint density at radius 2 is 2.06 bits per heavy atom. The molecular weight excluding hydrogens is 254 g/mol. The minimum Gasteiger partial charge on any atom is -0.360 e. The Bertz CT molecular complexity index is 504. The van der Waals surface area contributed by atoms with E-state index >= 15 is 0 Å². The average Bonchev–Trinajstić information content (AvgIpc) is 2.50. The first kappa shape index (κ1) is 13.5.